The third-order valence-electron chi connectivity index (χ3n) is 3.64. The molecule has 1 aromatic carbocycles. The van der Waals surface area contributed by atoms with Crippen LogP contribution >= 0.6 is 0 Å². The summed E-state index contributed by atoms with van der Waals surface area (Å²) in [5.41, 5.74) is 0.867. The van der Waals surface area contributed by atoms with Crippen LogP contribution in [0.4, 0.5) is 5.69 Å². The minimum absolute atomic E-state index is 0.0380. The second kappa shape index (κ2) is 8.17. The number of benzene rings is 1. The van der Waals surface area contributed by atoms with Gasteiger partial charge in [0.15, 0.2) is 6.61 Å². The summed E-state index contributed by atoms with van der Waals surface area (Å²) in [4.78, 5) is 27.1. The van der Waals surface area contributed by atoms with Crippen LogP contribution in [0.2, 0.25) is 0 Å². The number of rotatable bonds is 8. The summed E-state index contributed by atoms with van der Waals surface area (Å²) >= 11 is 0. The zero-order valence-electron chi connectivity index (χ0n) is 13.2. The molecule has 23 heavy (non-hydrogen) atoms. The van der Waals surface area contributed by atoms with Crippen LogP contribution in [0.1, 0.15) is 12.8 Å². The quantitative estimate of drug-likeness (QED) is 0.692. The van der Waals surface area contributed by atoms with E-state index < -0.39 is 0 Å². The highest BCUT2D eigenvalue weighted by Crippen LogP contribution is 2.23. The number of hydrogen-bond donors (Lipinski definition) is 0. The van der Waals surface area contributed by atoms with Crippen LogP contribution in [0, 0.1) is 0 Å². The zero-order valence-corrected chi connectivity index (χ0v) is 13.2. The first-order valence-corrected chi connectivity index (χ1v) is 7.68. The molecule has 2 rings (SSSR count). The molecule has 0 spiro atoms. The van der Waals surface area contributed by atoms with Crippen molar-refractivity contribution < 1.29 is 14.3 Å². The fraction of sp³-hybridized carbons (Fsp3) is 0.333. The third kappa shape index (κ3) is 4.45. The fourth-order valence-electron chi connectivity index (χ4n) is 2.47. The Hall–Kier alpha value is -2.56. The van der Waals surface area contributed by atoms with Crippen molar-refractivity contribution in [3.05, 3.63) is 49.6 Å². The molecule has 0 unspecified atom stereocenters. The van der Waals surface area contributed by atoms with E-state index in [1.54, 1.807) is 34.1 Å². The van der Waals surface area contributed by atoms with Gasteiger partial charge in [-0.1, -0.05) is 12.2 Å². The Labute approximate surface area is 136 Å². The van der Waals surface area contributed by atoms with E-state index in [9.17, 15) is 9.59 Å². The van der Waals surface area contributed by atoms with E-state index in [1.807, 2.05) is 12.1 Å². The van der Waals surface area contributed by atoms with Crippen LogP contribution in [-0.4, -0.2) is 43.0 Å². The lowest BCUT2D eigenvalue weighted by Crippen LogP contribution is -2.35. The van der Waals surface area contributed by atoms with Crippen LogP contribution in [0.25, 0.3) is 0 Å². The average Bonchev–Trinajstić information content (AvgIpc) is 2.99. The molecule has 0 bridgehead atoms. The Balaban J connectivity index is 1.90. The van der Waals surface area contributed by atoms with Gasteiger partial charge in [-0.2, -0.15) is 0 Å². The van der Waals surface area contributed by atoms with Crippen LogP contribution < -0.4 is 9.64 Å². The van der Waals surface area contributed by atoms with E-state index in [-0.39, 0.29) is 18.4 Å². The average molecular weight is 314 g/mol. The van der Waals surface area contributed by atoms with Crippen molar-refractivity contribution in [1.29, 1.82) is 0 Å². The van der Waals surface area contributed by atoms with Gasteiger partial charge in [-0.3, -0.25) is 9.59 Å². The predicted octanol–water partition coefficient (Wildman–Crippen LogP) is 2.39. The van der Waals surface area contributed by atoms with Crippen LogP contribution in [-0.2, 0) is 9.59 Å². The monoisotopic (exact) mass is 314 g/mol. The van der Waals surface area contributed by atoms with Crippen molar-refractivity contribution in [3.63, 3.8) is 0 Å². The predicted molar refractivity (Wildman–Crippen MR) is 90.5 cm³/mol. The molecular weight excluding hydrogens is 292 g/mol. The number of amides is 2. The first-order valence-electron chi connectivity index (χ1n) is 7.68. The Morgan fingerprint density at radius 2 is 1.87 bits per heavy atom. The summed E-state index contributed by atoms with van der Waals surface area (Å²) in [6, 6.07) is 7.24. The van der Waals surface area contributed by atoms with Gasteiger partial charge in [-0.25, -0.2) is 0 Å². The maximum Gasteiger partial charge on any atom is 0.261 e. The van der Waals surface area contributed by atoms with E-state index in [0.29, 0.717) is 25.3 Å². The van der Waals surface area contributed by atoms with Gasteiger partial charge in [-0.15, -0.1) is 13.2 Å². The van der Waals surface area contributed by atoms with E-state index in [2.05, 4.69) is 13.2 Å². The molecule has 122 valence electrons. The van der Waals surface area contributed by atoms with E-state index >= 15 is 0 Å². The van der Waals surface area contributed by atoms with Crippen molar-refractivity contribution in [2.75, 3.05) is 31.1 Å². The Morgan fingerprint density at radius 1 is 1.22 bits per heavy atom. The largest absolute Gasteiger partial charge is 0.484 e. The molecule has 1 saturated heterocycles. The maximum atomic E-state index is 12.1. The molecule has 1 heterocycles. The third-order valence-corrected chi connectivity index (χ3v) is 3.64. The molecule has 0 N–H and O–H groups in total. The maximum absolute atomic E-state index is 12.1. The molecule has 1 aromatic rings. The topological polar surface area (TPSA) is 49.9 Å². The van der Waals surface area contributed by atoms with Gasteiger partial charge in [0.25, 0.3) is 5.91 Å². The molecule has 0 atom stereocenters. The van der Waals surface area contributed by atoms with Gasteiger partial charge in [0, 0.05) is 31.7 Å². The van der Waals surface area contributed by atoms with Crippen molar-refractivity contribution in [3.8, 4) is 5.75 Å². The van der Waals surface area contributed by atoms with Crippen LogP contribution in [0.5, 0.6) is 5.75 Å². The molecule has 1 fully saturated rings. The van der Waals surface area contributed by atoms with Crippen LogP contribution in [0.3, 0.4) is 0 Å². The van der Waals surface area contributed by atoms with E-state index in [4.69, 9.17) is 4.74 Å². The SMILES string of the molecule is C=CCN(CC=C)C(=O)COc1ccc(N2CCCC2=O)cc1. The van der Waals surface area contributed by atoms with Crippen molar-refractivity contribution in [2.45, 2.75) is 12.8 Å². The Kier molecular flexibility index (Phi) is 5.97. The standard InChI is InChI=1S/C18H22N2O3/c1-3-11-19(12-4-2)18(22)14-23-16-9-7-15(8-10-16)20-13-5-6-17(20)21/h3-4,7-10H,1-2,5-6,11-14H2. The fourth-order valence-corrected chi connectivity index (χ4v) is 2.47. The van der Waals surface area contributed by atoms with Crippen molar-refractivity contribution in [2.24, 2.45) is 0 Å². The van der Waals surface area contributed by atoms with Crippen LogP contribution in [0.15, 0.2) is 49.6 Å². The highest BCUT2D eigenvalue weighted by molar-refractivity contribution is 5.95. The van der Waals surface area contributed by atoms with Gasteiger partial charge in [0.1, 0.15) is 5.75 Å². The molecule has 0 radical (unpaired) electrons. The lowest BCUT2D eigenvalue weighted by atomic mass is 10.3. The minimum atomic E-state index is -0.122. The first kappa shape index (κ1) is 16.8. The molecule has 5 nitrogen and oxygen atoms in total. The van der Waals surface area contributed by atoms with E-state index in [1.165, 1.54) is 0 Å². The summed E-state index contributed by atoms with van der Waals surface area (Å²) in [6.45, 7) is 8.92. The number of ether oxygens (including phenoxy) is 1. The lowest BCUT2D eigenvalue weighted by Gasteiger charge is -2.19. The van der Waals surface area contributed by atoms with E-state index in [0.717, 1.165) is 18.7 Å². The minimum Gasteiger partial charge on any atom is -0.484 e. The molecular formula is C18H22N2O3. The van der Waals surface area contributed by atoms with Crippen molar-refractivity contribution >= 4 is 17.5 Å². The van der Waals surface area contributed by atoms with Gasteiger partial charge in [0.05, 0.1) is 0 Å². The Morgan fingerprint density at radius 3 is 2.39 bits per heavy atom. The highest BCUT2D eigenvalue weighted by Gasteiger charge is 2.21. The van der Waals surface area contributed by atoms with Gasteiger partial charge >= 0.3 is 0 Å². The second-order valence-electron chi connectivity index (χ2n) is 5.31. The van der Waals surface area contributed by atoms with Gasteiger partial charge in [-0.05, 0) is 30.7 Å². The summed E-state index contributed by atoms with van der Waals surface area (Å²) in [6.07, 6.45) is 4.84. The van der Waals surface area contributed by atoms with Crippen molar-refractivity contribution in [1.82, 2.24) is 4.90 Å². The molecule has 1 aliphatic rings. The summed E-state index contributed by atoms with van der Waals surface area (Å²) < 4.78 is 5.52. The number of nitrogens with zero attached hydrogens (tertiary/aromatic N) is 2. The Bertz CT molecular complexity index is 570. The number of anilines is 1. The molecule has 5 heteroatoms. The number of carbonyl (C=O) groups excluding carboxylic acids is 2. The lowest BCUT2D eigenvalue weighted by molar-refractivity contribution is -0.132. The summed E-state index contributed by atoms with van der Waals surface area (Å²) in [5, 5.41) is 0. The molecule has 2 amide bonds. The first-order chi connectivity index (χ1) is 11.2. The molecule has 1 aliphatic heterocycles. The highest BCUT2D eigenvalue weighted by atomic mass is 16.5. The smallest absolute Gasteiger partial charge is 0.261 e. The molecule has 0 aliphatic carbocycles. The number of carbonyl (C=O) groups is 2. The molecule has 0 aromatic heterocycles. The summed E-state index contributed by atoms with van der Waals surface area (Å²) in [7, 11) is 0. The summed E-state index contributed by atoms with van der Waals surface area (Å²) in [5.74, 6) is 0.632. The number of hydrogen-bond acceptors (Lipinski definition) is 3. The molecule has 0 saturated carbocycles. The normalized spacial score (nSPS) is 13.7. The van der Waals surface area contributed by atoms with Gasteiger partial charge in [0.2, 0.25) is 5.91 Å². The second-order valence-corrected chi connectivity index (χ2v) is 5.31. The zero-order chi connectivity index (χ0) is 16.7. The van der Waals surface area contributed by atoms with Gasteiger partial charge < -0.3 is 14.5 Å².